The second-order valence-corrected chi connectivity index (χ2v) is 10.4. The minimum Gasteiger partial charge on any atom is -0.494 e. The molecule has 0 bridgehead atoms. The number of hydrogen-bond donors (Lipinski definition) is 0. The molecular formula is C33H58O. The fourth-order valence-electron chi connectivity index (χ4n) is 4.95. The van der Waals surface area contributed by atoms with Crippen molar-refractivity contribution in [1.82, 2.24) is 0 Å². The molecule has 1 nitrogen and oxygen atoms in total. The predicted molar refractivity (Wildman–Crippen MR) is 153 cm³/mol. The fourth-order valence-corrected chi connectivity index (χ4v) is 4.95. The molecule has 0 saturated heterocycles. The van der Waals surface area contributed by atoms with Crippen LogP contribution < -0.4 is 0 Å². The molecule has 0 saturated carbocycles. The molecule has 1 rings (SSSR count). The molecule has 1 aromatic carbocycles. The van der Waals surface area contributed by atoms with Crippen molar-refractivity contribution in [3.8, 4) is 0 Å². The lowest BCUT2D eigenvalue weighted by molar-refractivity contribution is 0.132. The molecule has 0 radical (unpaired) electrons. The average molecular weight is 471 g/mol. The van der Waals surface area contributed by atoms with E-state index in [2.05, 4.69) is 45.9 Å². The van der Waals surface area contributed by atoms with E-state index in [0.29, 0.717) is 0 Å². The summed E-state index contributed by atoms with van der Waals surface area (Å²) >= 11 is 0. The zero-order valence-electron chi connectivity index (χ0n) is 23.5. The summed E-state index contributed by atoms with van der Waals surface area (Å²) < 4.78 is 6.28. The van der Waals surface area contributed by atoms with Crippen molar-refractivity contribution in [1.29, 1.82) is 0 Å². The number of aryl methyl sites for hydroxylation is 2. The Hall–Kier alpha value is -1.24. The molecule has 0 spiro atoms. The first-order chi connectivity index (χ1) is 16.8. The highest BCUT2D eigenvalue weighted by Crippen LogP contribution is 2.30. The Kier molecular flexibility index (Phi) is 20.1. The molecule has 1 aromatic rings. The van der Waals surface area contributed by atoms with Gasteiger partial charge >= 0.3 is 0 Å². The number of ether oxygens (including phenoxy) is 1. The van der Waals surface area contributed by atoms with E-state index in [1.54, 1.807) is 5.56 Å². The Balaban J connectivity index is 2.81. The first-order valence-electron chi connectivity index (χ1n) is 15.1. The van der Waals surface area contributed by atoms with Gasteiger partial charge in [-0.2, -0.15) is 0 Å². The topological polar surface area (TPSA) is 9.23 Å². The zero-order chi connectivity index (χ0) is 24.7. The van der Waals surface area contributed by atoms with Gasteiger partial charge in [0.25, 0.3) is 0 Å². The van der Waals surface area contributed by atoms with Gasteiger partial charge in [-0.15, -0.1) is 0 Å². The molecule has 0 aliphatic heterocycles. The highest BCUT2D eigenvalue weighted by atomic mass is 16.5. The third-order valence-corrected chi connectivity index (χ3v) is 7.12. The van der Waals surface area contributed by atoms with Crippen molar-refractivity contribution >= 4 is 0 Å². The van der Waals surface area contributed by atoms with Gasteiger partial charge in [0.2, 0.25) is 0 Å². The monoisotopic (exact) mass is 470 g/mol. The summed E-state index contributed by atoms with van der Waals surface area (Å²) in [6, 6.07) is 7.35. The van der Waals surface area contributed by atoms with E-state index in [0.717, 1.165) is 6.42 Å². The van der Waals surface area contributed by atoms with Crippen molar-refractivity contribution in [2.75, 3.05) is 0 Å². The van der Waals surface area contributed by atoms with Crippen molar-refractivity contribution in [2.24, 2.45) is 0 Å². The number of allylic oxidation sites excluding steroid dienone is 1. The summed E-state index contributed by atoms with van der Waals surface area (Å²) in [5.41, 5.74) is 4.55. The fraction of sp³-hybridized carbons (Fsp3) is 0.758. The van der Waals surface area contributed by atoms with Gasteiger partial charge in [-0.1, -0.05) is 135 Å². The molecule has 196 valence electrons. The van der Waals surface area contributed by atoms with E-state index in [-0.39, 0.29) is 6.10 Å². The molecule has 1 atom stereocenters. The maximum Gasteiger partial charge on any atom is 0.123 e. The molecule has 0 amide bonds. The lowest BCUT2D eigenvalue weighted by atomic mass is 9.91. The summed E-state index contributed by atoms with van der Waals surface area (Å²) in [6.07, 6.45) is 30.7. The van der Waals surface area contributed by atoms with E-state index in [4.69, 9.17) is 4.74 Å². The molecular weight excluding hydrogens is 412 g/mol. The van der Waals surface area contributed by atoms with Crippen LogP contribution in [0.2, 0.25) is 0 Å². The molecule has 0 N–H and O–H groups in total. The lowest BCUT2D eigenvalue weighted by Crippen LogP contribution is -2.06. The summed E-state index contributed by atoms with van der Waals surface area (Å²) in [5.74, 6) is 0. The normalized spacial score (nSPS) is 12.5. The second-order valence-electron chi connectivity index (χ2n) is 10.4. The predicted octanol–water partition coefficient (Wildman–Crippen LogP) is 11.4. The van der Waals surface area contributed by atoms with Crippen molar-refractivity contribution in [3.63, 3.8) is 0 Å². The van der Waals surface area contributed by atoms with E-state index in [9.17, 15) is 0 Å². The van der Waals surface area contributed by atoms with Gasteiger partial charge in [0.1, 0.15) is 6.10 Å². The summed E-state index contributed by atoms with van der Waals surface area (Å²) in [5, 5.41) is 0. The molecule has 1 heteroatoms. The van der Waals surface area contributed by atoms with E-state index in [1.807, 2.05) is 12.3 Å². The zero-order valence-corrected chi connectivity index (χ0v) is 23.5. The molecule has 0 aliphatic rings. The van der Waals surface area contributed by atoms with Gasteiger partial charge in [0, 0.05) is 0 Å². The third kappa shape index (κ3) is 14.9. The van der Waals surface area contributed by atoms with Crippen molar-refractivity contribution in [2.45, 2.75) is 162 Å². The van der Waals surface area contributed by atoms with Crippen LogP contribution in [0.5, 0.6) is 0 Å². The Labute approximate surface area is 214 Å². The Bertz CT molecular complexity index is 603. The lowest BCUT2D eigenvalue weighted by Gasteiger charge is -2.22. The maximum absolute atomic E-state index is 6.28. The van der Waals surface area contributed by atoms with Crippen LogP contribution in [0.15, 0.2) is 30.5 Å². The van der Waals surface area contributed by atoms with Gasteiger partial charge < -0.3 is 4.74 Å². The quantitative estimate of drug-likeness (QED) is 0.114. The summed E-state index contributed by atoms with van der Waals surface area (Å²) in [6.45, 7) is 8.94. The summed E-state index contributed by atoms with van der Waals surface area (Å²) in [7, 11) is 0. The number of unbranched alkanes of at least 4 members (excludes halogenated alkanes) is 14. The summed E-state index contributed by atoms with van der Waals surface area (Å²) in [4.78, 5) is 0. The van der Waals surface area contributed by atoms with Crippen molar-refractivity contribution in [3.05, 3.63) is 47.2 Å². The van der Waals surface area contributed by atoms with Crippen LogP contribution in [0.3, 0.4) is 0 Å². The van der Waals surface area contributed by atoms with E-state index in [1.165, 1.54) is 133 Å². The van der Waals surface area contributed by atoms with Crippen LogP contribution in [0.4, 0.5) is 0 Å². The van der Waals surface area contributed by atoms with Gasteiger partial charge in [0.05, 0.1) is 6.26 Å². The minimum absolute atomic E-state index is 0.205. The Morgan fingerprint density at radius 1 is 0.647 bits per heavy atom. The molecule has 0 aromatic heterocycles. The van der Waals surface area contributed by atoms with Crippen LogP contribution in [0, 0.1) is 0 Å². The van der Waals surface area contributed by atoms with Crippen LogP contribution in [-0.2, 0) is 17.6 Å². The van der Waals surface area contributed by atoms with Crippen LogP contribution >= 0.6 is 0 Å². The maximum atomic E-state index is 6.28. The largest absolute Gasteiger partial charge is 0.494 e. The average Bonchev–Trinajstić information content (AvgIpc) is 2.85. The molecule has 0 aliphatic carbocycles. The first kappa shape index (κ1) is 30.8. The van der Waals surface area contributed by atoms with E-state index < -0.39 is 0 Å². The molecule has 0 fully saturated rings. The molecule has 1 unspecified atom stereocenters. The minimum atomic E-state index is 0.205. The highest BCUT2D eigenvalue weighted by Gasteiger charge is 2.16. The standard InChI is InChI=1S/C33H58O/c1-5-9-12-15-18-20-23-30-26-27-32(31(29-30)24-21-19-16-13-10-6-2)33(34-28-8-4)25-22-17-14-11-7-3/h8,26-29,33H,5-7,9-25H2,1-4H3/b28-8+. The molecule has 0 heterocycles. The van der Waals surface area contributed by atoms with Crippen LogP contribution in [-0.4, -0.2) is 0 Å². The van der Waals surface area contributed by atoms with Gasteiger partial charge in [0.15, 0.2) is 0 Å². The Morgan fingerprint density at radius 2 is 1.18 bits per heavy atom. The molecule has 34 heavy (non-hydrogen) atoms. The van der Waals surface area contributed by atoms with E-state index >= 15 is 0 Å². The van der Waals surface area contributed by atoms with Gasteiger partial charge in [-0.05, 0) is 62.1 Å². The van der Waals surface area contributed by atoms with Gasteiger partial charge in [-0.25, -0.2) is 0 Å². The van der Waals surface area contributed by atoms with Crippen LogP contribution in [0.25, 0.3) is 0 Å². The first-order valence-corrected chi connectivity index (χ1v) is 15.1. The van der Waals surface area contributed by atoms with Gasteiger partial charge in [-0.3, -0.25) is 0 Å². The van der Waals surface area contributed by atoms with Crippen LogP contribution in [0.1, 0.15) is 166 Å². The Morgan fingerprint density at radius 3 is 1.76 bits per heavy atom. The highest BCUT2D eigenvalue weighted by molar-refractivity contribution is 5.34. The number of hydrogen-bond acceptors (Lipinski definition) is 1. The smallest absolute Gasteiger partial charge is 0.123 e. The third-order valence-electron chi connectivity index (χ3n) is 7.12. The number of benzene rings is 1. The number of rotatable bonds is 23. The SMILES string of the molecule is C/C=C/OC(CCCCCCC)c1ccc(CCCCCCCC)cc1CCCCCCCC. The van der Waals surface area contributed by atoms with Crippen molar-refractivity contribution < 1.29 is 4.74 Å². The second kappa shape index (κ2) is 22.2.